The summed E-state index contributed by atoms with van der Waals surface area (Å²) in [5.41, 5.74) is -4.50. The SMILES string of the molecule is O=C(NC(Cc1ccccc1)(c1cccc(C(F)(F)F)c1)c1cccc(C(F)(F)F)c1)c1cc(Cl)ccc1F. The molecule has 0 aromatic heterocycles. The first-order valence-electron chi connectivity index (χ1n) is 11.5. The van der Waals surface area contributed by atoms with Crippen molar-refractivity contribution < 1.29 is 35.5 Å². The lowest BCUT2D eigenvalue weighted by molar-refractivity contribution is -0.138. The standard InChI is InChI=1S/C29H19ClF7NO/c30-23-12-13-25(31)24(16-23)26(39)38-27(17-18-6-2-1-3-7-18,19-8-4-10-21(14-19)28(32,33)34)20-9-5-11-22(15-20)29(35,36)37/h1-16H,17H2,(H,38,39). The maximum absolute atomic E-state index is 14.7. The van der Waals surface area contributed by atoms with Gasteiger partial charge in [0.25, 0.3) is 5.91 Å². The van der Waals surface area contributed by atoms with Crippen LogP contribution in [0.4, 0.5) is 30.7 Å². The summed E-state index contributed by atoms with van der Waals surface area (Å²) in [5.74, 6) is -2.06. The lowest BCUT2D eigenvalue weighted by Crippen LogP contribution is -2.49. The molecular weight excluding hydrogens is 547 g/mol. The van der Waals surface area contributed by atoms with Crippen LogP contribution in [0.3, 0.4) is 0 Å². The predicted octanol–water partition coefficient (Wildman–Crippen LogP) is 8.43. The quantitative estimate of drug-likeness (QED) is 0.234. The number of rotatable bonds is 6. The Balaban J connectivity index is 2.02. The number of alkyl halides is 6. The van der Waals surface area contributed by atoms with E-state index in [1.54, 1.807) is 30.3 Å². The van der Waals surface area contributed by atoms with Gasteiger partial charge in [0.2, 0.25) is 0 Å². The van der Waals surface area contributed by atoms with Crippen molar-refractivity contribution in [2.75, 3.05) is 0 Å². The molecule has 4 aromatic carbocycles. The molecule has 39 heavy (non-hydrogen) atoms. The van der Waals surface area contributed by atoms with E-state index >= 15 is 0 Å². The molecule has 4 rings (SSSR count). The second-order valence-electron chi connectivity index (χ2n) is 8.80. The molecule has 2 nitrogen and oxygen atoms in total. The Labute approximate surface area is 224 Å². The van der Waals surface area contributed by atoms with Gasteiger partial charge in [-0.15, -0.1) is 0 Å². The number of benzene rings is 4. The number of hydrogen-bond acceptors (Lipinski definition) is 1. The summed E-state index contributed by atoms with van der Waals surface area (Å²) in [6.07, 6.45) is -9.83. The molecule has 0 aliphatic carbocycles. The minimum absolute atomic E-state index is 0.00773. The Morgan fingerprint density at radius 3 is 1.69 bits per heavy atom. The minimum Gasteiger partial charge on any atom is -0.338 e. The minimum atomic E-state index is -4.79. The second-order valence-corrected chi connectivity index (χ2v) is 9.24. The Kier molecular flexibility index (Phi) is 7.75. The lowest BCUT2D eigenvalue weighted by Gasteiger charge is -2.37. The van der Waals surface area contributed by atoms with Crippen LogP contribution in [0.1, 0.15) is 38.2 Å². The monoisotopic (exact) mass is 565 g/mol. The van der Waals surface area contributed by atoms with E-state index < -0.39 is 46.3 Å². The van der Waals surface area contributed by atoms with Gasteiger partial charge in [-0.3, -0.25) is 4.79 Å². The molecule has 1 N–H and O–H groups in total. The molecule has 1 amide bonds. The highest BCUT2D eigenvalue weighted by Crippen LogP contribution is 2.40. The van der Waals surface area contributed by atoms with E-state index in [4.69, 9.17) is 11.6 Å². The van der Waals surface area contributed by atoms with E-state index in [1.165, 1.54) is 18.2 Å². The fraction of sp³-hybridized carbons (Fsp3) is 0.138. The first-order chi connectivity index (χ1) is 18.3. The molecule has 0 saturated carbocycles. The van der Waals surface area contributed by atoms with Gasteiger partial charge in [0.05, 0.1) is 22.2 Å². The van der Waals surface area contributed by atoms with Gasteiger partial charge in [-0.1, -0.05) is 66.2 Å². The summed E-state index contributed by atoms with van der Waals surface area (Å²) in [6.45, 7) is 0. The van der Waals surface area contributed by atoms with Gasteiger partial charge in [-0.2, -0.15) is 26.3 Å². The molecule has 4 aromatic rings. The third-order valence-electron chi connectivity index (χ3n) is 6.18. The van der Waals surface area contributed by atoms with Gasteiger partial charge in [-0.05, 0) is 59.2 Å². The van der Waals surface area contributed by atoms with Gasteiger partial charge in [0.15, 0.2) is 0 Å². The average molecular weight is 566 g/mol. The van der Waals surface area contributed by atoms with Crippen molar-refractivity contribution in [3.05, 3.63) is 141 Å². The van der Waals surface area contributed by atoms with Crippen LogP contribution < -0.4 is 5.32 Å². The highest BCUT2D eigenvalue weighted by Gasteiger charge is 2.41. The zero-order valence-electron chi connectivity index (χ0n) is 19.9. The van der Waals surface area contributed by atoms with E-state index in [1.807, 2.05) is 0 Å². The number of hydrogen-bond donors (Lipinski definition) is 1. The molecule has 0 aliphatic rings. The summed E-state index contributed by atoms with van der Waals surface area (Å²) in [7, 11) is 0. The molecule has 0 atom stereocenters. The predicted molar refractivity (Wildman–Crippen MR) is 133 cm³/mol. The Morgan fingerprint density at radius 2 is 1.18 bits per heavy atom. The number of carbonyl (C=O) groups excluding carboxylic acids is 1. The molecule has 0 unspecified atom stereocenters. The summed E-state index contributed by atoms with van der Waals surface area (Å²) in [4.78, 5) is 13.5. The average Bonchev–Trinajstić information content (AvgIpc) is 2.89. The first kappa shape index (κ1) is 28.2. The van der Waals surface area contributed by atoms with Crippen molar-refractivity contribution in [1.29, 1.82) is 0 Å². The molecule has 0 saturated heterocycles. The van der Waals surface area contributed by atoms with Gasteiger partial charge >= 0.3 is 12.4 Å². The van der Waals surface area contributed by atoms with Crippen molar-refractivity contribution in [2.24, 2.45) is 0 Å². The van der Waals surface area contributed by atoms with Crippen LogP contribution in [0.2, 0.25) is 5.02 Å². The molecule has 0 bridgehead atoms. The third-order valence-corrected chi connectivity index (χ3v) is 6.41. The Hall–Kier alpha value is -3.85. The fourth-order valence-corrected chi connectivity index (χ4v) is 4.49. The zero-order chi connectivity index (χ0) is 28.4. The van der Waals surface area contributed by atoms with E-state index in [0.717, 1.165) is 48.5 Å². The molecule has 10 heteroatoms. The van der Waals surface area contributed by atoms with Crippen molar-refractivity contribution in [1.82, 2.24) is 5.32 Å². The summed E-state index contributed by atoms with van der Waals surface area (Å²) in [5, 5.41) is 2.59. The third kappa shape index (κ3) is 6.25. The van der Waals surface area contributed by atoms with Crippen molar-refractivity contribution in [2.45, 2.75) is 24.3 Å². The number of carbonyl (C=O) groups is 1. The maximum atomic E-state index is 14.7. The van der Waals surface area contributed by atoms with Crippen molar-refractivity contribution >= 4 is 17.5 Å². The van der Waals surface area contributed by atoms with Gasteiger partial charge < -0.3 is 5.32 Å². The van der Waals surface area contributed by atoms with Crippen LogP contribution in [0.15, 0.2) is 97.1 Å². The van der Waals surface area contributed by atoms with Crippen LogP contribution >= 0.6 is 11.6 Å². The number of amides is 1. The molecule has 0 fully saturated rings. The van der Waals surface area contributed by atoms with Crippen LogP contribution in [0.5, 0.6) is 0 Å². The van der Waals surface area contributed by atoms with Crippen LogP contribution in [-0.2, 0) is 24.3 Å². The highest BCUT2D eigenvalue weighted by atomic mass is 35.5. The molecule has 202 valence electrons. The molecular formula is C29H19ClF7NO. The summed E-state index contributed by atoms with van der Waals surface area (Å²) in [6, 6.07) is 19.2. The van der Waals surface area contributed by atoms with Gasteiger partial charge in [0.1, 0.15) is 5.82 Å². The zero-order valence-corrected chi connectivity index (χ0v) is 20.6. The Morgan fingerprint density at radius 1 is 0.667 bits per heavy atom. The normalized spacial score (nSPS) is 12.3. The molecule has 0 radical (unpaired) electrons. The molecule has 0 heterocycles. The lowest BCUT2D eigenvalue weighted by atomic mass is 9.76. The number of nitrogens with one attached hydrogen (secondary N) is 1. The molecule has 0 spiro atoms. The van der Waals surface area contributed by atoms with Crippen LogP contribution in [0.25, 0.3) is 0 Å². The summed E-state index contributed by atoms with van der Waals surface area (Å²) < 4.78 is 97.0. The van der Waals surface area contributed by atoms with Crippen molar-refractivity contribution in [3.8, 4) is 0 Å². The van der Waals surface area contributed by atoms with Crippen LogP contribution in [-0.4, -0.2) is 5.91 Å². The van der Waals surface area contributed by atoms with E-state index in [2.05, 4.69) is 5.32 Å². The first-order valence-corrected chi connectivity index (χ1v) is 11.8. The highest BCUT2D eigenvalue weighted by molar-refractivity contribution is 6.31. The van der Waals surface area contributed by atoms with E-state index in [9.17, 15) is 35.5 Å². The summed E-state index contributed by atoms with van der Waals surface area (Å²) >= 11 is 5.94. The smallest absolute Gasteiger partial charge is 0.338 e. The van der Waals surface area contributed by atoms with E-state index in [0.29, 0.717) is 5.56 Å². The van der Waals surface area contributed by atoms with Crippen molar-refractivity contribution in [3.63, 3.8) is 0 Å². The van der Waals surface area contributed by atoms with Gasteiger partial charge in [-0.25, -0.2) is 4.39 Å². The second kappa shape index (κ2) is 10.7. The van der Waals surface area contributed by atoms with Crippen LogP contribution in [0, 0.1) is 5.82 Å². The topological polar surface area (TPSA) is 29.1 Å². The largest absolute Gasteiger partial charge is 0.416 e. The van der Waals surface area contributed by atoms with E-state index in [-0.39, 0.29) is 22.6 Å². The van der Waals surface area contributed by atoms with Gasteiger partial charge in [0, 0.05) is 11.4 Å². The maximum Gasteiger partial charge on any atom is 0.416 e. The fourth-order valence-electron chi connectivity index (χ4n) is 4.32. The Bertz CT molecular complexity index is 1430. The number of halogens is 8. The molecule has 0 aliphatic heterocycles.